The van der Waals surface area contributed by atoms with E-state index in [0.717, 1.165) is 48.3 Å². The molecule has 1 saturated heterocycles. The number of esters is 1. The number of halogens is 1. The van der Waals surface area contributed by atoms with E-state index < -0.39 is 58.9 Å². The molecule has 0 atom stereocenters. The Hall–Kier alpha value is -1.31. The third-order valence-electron chi connectivity index (χ3n) is 5.71. The molecule has 2 fully saturated rings. The number of ether oxygens (including phenoxy) is 1. The Morgan fingerprint density at radius 3 is 2.29 bits per heavy atom. The molecule has 0 spiro atoms. The summed E-state index contributed by atoms with van der Waals surface area (Å²) < 4.78 is 30.4. The molecule has 4 rings (SSSR count). The van der Waals surface area contributed by atoms with E-state index in [1.54, 1.807) is 10.6 Å². The van der Waals surface area contributed by atoms with Crippen LogP contribution in [0.2, 0.25) is 0 Å². The van der Waals surface area contributed by atoms with Gasteiger partial charge in [0.2, 0.25) is 0 Å². The third kappa shape index (κ3) is 5.26. The van der Waals surface area contributed by atoms with Gasteiger partial charge in [-0.05, 0) is 0 Å². The molecular formula is C19H25IN3O9P2-. The van der Waals surface area contributed by atoms with Gasteiger partial charge in [0.05, 0.1) is 0 Å². The number of benzene rings is 1. The standard InChI is InChI=1S/C19H25IN3O9P2/c1-20-14-8-12-15(9-16(14)22-6-4-21-5-7-22)23(11-2-3-11)10-13(17(12)24)18(25)32-19(33(26,27)28)34(29,30)31/h8-11,19,21H,2-7H2,1H3,(H2,26,27,28)(H2,29,30,31)/q-1. The molecule has 1 aliphatic heterocycles. The number of hydrogen-bond donors (Lipinski definition) is 5. The number of hydrogen-bond acceptors (Lipinski definition) is 7. The summed E-state index contributed by atoms with van der Waals surface area (Å²) in [5.74, 6) is -1.49. The normalized spacial score (nSPS) is 17.5. The molecule has 0 bridgehead atoms. The van der Waals surface area contributed by atoms with Crippen molar-refractivity contribution >= 4 is 37.8 Å². The Morgan fingerprint density at radius 2 is 1.76 bits per heavy atom. The maximum absolute atomic E-state index is 13.3. The van der Waals surface area contributed by atoms with Gasteiger partial charge in [0.1, 0.15) is 0 Å². The van der Waals surface area contributed by atoms with Crippen LogP contribution in [0.1, 0.15) is 29.2 Å². The number of nitrogens with one attached hydrogen (secondary N) is 1. The van der Waals surface area contributed by atoms with E-state index in [4.69, 9.17) is 0 Å². The second-order valence-electron chi connectivity index (χ2n) is 8.17. The molecule has 0 amide bonds. The van der Waals surface area contributed by atoms with E-state index in [1.165, 1.54) is 6.20 Å². The molecule has 15 heteroatoms. The van der Waals surface area contributed by atoms with E-state index in [0.29, 0.717) is 5.52 Å². The van der Waals surface area contributed by atoms with Crippen LogP contribution in [0, 0.1) is 3.57 Å². The van der Waals surface area contributed by atoms with Crippen LogP contribution in [0.3, 0.4) is 0 Å². The molecule has 1 saturated carbocycles. The van der Waals surface area contributed by atoms with Crippen molar-refractivity contribution in [3.05, 3.63) is 37.7 Å². The zero-order valence-electron chi connectivity index (χ0n) is 18.1. The van der Waals surface area contributed by atoms with E-state index >= 15 is 0 Å². The van der Waals surface area contributed by atoms with Crippen molar-refractivity contribution in [3.8, 4) is 0 Å². The van der Waals surface area contributed by atoms with Gasteiger partial charge < -0.3 is 0 Å². The number of fused-ring (bicyclic) bond motifs is 1. The Balaban J connectivity index is 1.84. The fourth-order valence-electron chi connectivity index (χ4n) is 3.95. The second-order valence-corrected chi connectivity index (χ2v) is 14.1. The number of nitrogens with zero attached hydrogens (tertiary/aromatic N) is 2. The number of carbonyl (C=O) groups is 1. The van der Waals surface area contributed by atoms with Crippen LogP contribution in [0.4, 0.5) is 5.69 Å². The van der Waals surface area contributed by atoms with E-state index in [1.807, 2.05) is 6.07 Å². The molecule has 0 unspecified atom stereocenters. The van der Waals surface area contributed by atoms with E-state index in [9.17, 15) is 38.3 Å². The number of aromatic nitrogens is 1. The molecule has 2 heterocycles. The molecule has 1 aromatic carbocycles. The van der Waals surface area contributed by atoms with Crippen molar-refractivity contribution in [2.75, 3.05) is 36.0 Å². The first kappa shape index (κ1) is 25.8. The quantitative estimate of drug-likeness (QED) is 0.0943. The molecule has 2 aliphatic rings. The van der Waals surface area contributed by atoms with Crippen LogP contribution in [-0.2, 0) is 13.9 Å². The number of pyridine rings is 1. The van der Waals surface area contributed by atoms with Gasteiger partial charge in [-0.1, -0.05) is 0 Å². The first-order chi connectivity index (χ1) is 15.9. The predicted molar refractivity (Wildman–Crippen MR) is 119 cm³/mol. The summed E-state index contributed by atoms with van der Waals surface area (Å²) in [6, 6.07) is 3.76. The third-order valence-corrected chi connectivity index (χ3v) is 10.9. The number of piperazine rings is 1. The van der Waals surface area contributed by atoms with Gasteiger partial charge >= 0.3 is 205 Å². The molecule has 12 nitrogen and oxygen atoms in total. The first-order valence-electron chi connectivity index (χ1n) is 10.4. The van der Waals surface area contributed by atoms with Crippen LogP contribution in [0.25, 0.3) is 10.9 Å². The van der Waals surface area contributed by atoms with Gasteiger partial charge in [-0.3, -0.25) is 0 Å². The summed E-state index contributed by atoms with van der Waals surface area (Å²) in [5, 5.41) is 3.58. The van der Waals surface area contributed by atoms with E-state index in [-0.39, 0.29) is 11.4 Å². The van der Waals surface area contributed by atoms with E-state index in [2.05, 4.69) is 19.9 Å². The molecular weight excluding hydrogens is 603 g/mol. The zero-order valence-corrected chi connectivity index (χ0v) is 22.1. The van der Waals surface area contributed by atoms with Crippen molar-refractivity contribution in [3.63, 3.8) is 0 Å². The number of alkyl halides is 1. The minimum atomic E-state index is -5.51. The van der Waals surface area contributed by atoms with Gasteiger partial charge in [0.25, 0.3) is 0 Å². The van der Waals surface area contributed by atoms with Crippen LogP contribution < -0.4 is 36.9 Å². The average Bonchev–Trinajstić information content (AvgIpc) is 3.61. The summed E-state index contributed by atoms with van der Waals surface area (Å²) in [6.07, 6.45) is 2.92. The van der Waals surface area contributed by atoms with Gasteiger partial charge in [-0.25, -0.2) is 0 Å². The molecule has 0 radical (unpaired) electrons. The molecule has 2 aromatic rings. The molecule has 188 valence electrons. The van der Waals surface area contributed by atoms with Crippen molar-refractivity contribution in [2.24, 2.45) is 0 Å². The van der Waals surface area contributed by atoms with Crippen molar-refractivity contribution in [2.45, 2.75) is 24.5 Å². The van der Waals surface area contributed by atoms with Gasteiger partial charge in [0, 0.05) is 0 Å². The monoisotopic (exact) mass is 628 g/mol. The van der Waals surface area contributed by atoms with Crippen LogP contribution >= 0.6 is 15.2 Å². The summed E-state index contributed by atoms with van der Waals surface area (Å²) in [4.78, 5) is 67.5. The van der Waals surface area contributed by atoms with Crippen LogP contribution in [-0.4, -0.2) is 66.8 Å². The van der Waals surface area contributed by atoms with Crippen molar-refractivity contribution < 1.29 is 59.4 Å². The van der Waals surface area contributed by atoms with Crippen LogP contribution in [0.15, 0.2) is 23.1 Å². The molecule has 5 N–H and O–H groups in total. The molecule has 34 heavy (non-hydrogen) atoms. The van der Waals surface area contributed by atoms with Crippen molar-refractivity contribution in [1.82, 2.24) is 9.88 Å². The van der Waals surface area contributed by atoms with Gasteiger partial charge in [-0.15, -0.1) is 0 Å². The number of anilines is 1. The summed E-state index contributed by atoms with van der Waals surface area (Å²) >= 11 is -0.441. The average molecular weight is 628 g/mol. The zero-order chi connectivity index (χ0) is 24.8. The predicted octanol–water partition coefficient (Wildman–Crippen LogP) is -2.57. The Kier molecular flexibility index (Phi) is 7.30. The second kappa shape index (κ2) is 9.62. The maximum atomic E-state index is 13.3. The number of carbonyl (C=O) groups excluding carboxylic acids is 1. The fraction of sp³-hybridized carbons (Fsp3) is 0.474. The summed E-state index contributed by atoms with van der Waals surface area (Å²) in [6.45, 7) is 3.35. The Labute approximate surface area is 204 Å². The fourth-order valence-corrected chi connectivity index (χ4v) is 7.66. The number of rotatable bonds is 7. The first-order valence-corrected chi connectivity index (χ1v) is 17.0. The Morgan fingerprint density at radius 1 is 1.15 bits per heavy atom. The Bertz CT molecular complexity index is 1260. The topological polar surface area (TPSA) is 179 Å². The molecule has 1 aliphatic carbocycles. The summed E-state index contributed by atoms with van der Waals surface area (Å²) in [7, 11) is -11.0. The van der Waals surface area contributed by atoms with Crippen LogP contribution in [0.5, 0.6) is 0 Å². The van der Waals surface area contributed by atoms with Crippen molar-refractivity contribution in [1.29, 1.82) is 0 Å². The summed E-state index contributed by atoms with van der Waals surface area (Å²) in [5.41, 5.74) is -2.53. The SMILES string of the molecule is C[I-]c1cc2c(=O)c(C(=O)OC(P(=O)(O)O)P(=O)(O)O)cn(C3CC3)c2cc1N1CCNCC1. The molecule has 1 aromatic heterocycles. The van der Waals surface area contributed by atoms with Gasteiger partial charge in [-0.2, -0.15) is 0 Å². The van der Waals surface area contributed by atoms with Gasteiger partial charge in [0.15, 0.2) is 0 Å². The minimum absolute atomic E-state index is 0.0343.